The van der Waals surface area contributed by atoms with Crippen LogP contribution in [0.25, 0.3) is 11.1 Å². The monoisotopic (exact) mass is 326 g/mol. The number of hydrogen-bond acceptors (Lipinski definition) is 2. The second kappa shape index (κ2) is 7.16. The Bertz CT molecular complexity index is 734. The van der Waals surface area contributed by atoms with E-state index in [4.69, 9.17) is 4.74 Å². The molecule has 1 atom stereocenters. The van der Waals surface area contributed by atoms with Crippen LogP contribution in [0.2, 0.25) is 0 Å². The zero-order valence-electron chi connectivity index (χ0n) is 14.3. The first-order valence-electron chi connectivity index (χ1n) is 8.70. The van der Waals surface area contributed by atoms with Crippen LogP contribution in [0, 0.1) is 18.7 Å². The number of esters is 1. The summed E-state index contributed by atoms with van der Waals surface area (Å²) in [5.41, 5.74) is 3.19. The number of fused-ring (bicyclic) bond motifs is 1. The molecule has 0 amide bonds. The first-order valence-corrected chi connectivity index (χ1v) is 8.70. The predicted molar refractivity (Wildman–Crippen MR) is 93.5 cm³/mol. The van der Waals surface area contributed by atoms with Gasteiger partial charge in [0.05, 0.1) is 5.92 Å². The molecule has 0 aromatic heterocycles. The topological polar surface area (TPSA) is 26.3 Å². The summed E-state index contributed by atoms with van der Waals surface area (Å²) in [4.78, 5) is 12.2. The number of halogens is 1. The van der Waals surface area contributed by atoms with Gasteiger partial charge in [0.25, 0.3) is 0 Å². The summed E-state index contributed by atoms with van der Waals surface area (Å²) in [6.45, 7) is 4.13. The normalized spacial score (nSPS) is 16.6. The van der Waals surface area contributed by atoms with Gasteiger partial charge >= 0.3 is 5.97 Å². The van der Waals surface area contributed by atoms with E-state index < -0.39 is 5.82 Å². The van der Waals surface area contributed by atoms with Gasteiger partial charge in [-0.05, 0) is 30.9 Å². The van der Waals surface area contributed by atoms with Gasteiger partial charge in [0.1, 0.15) is 0 Å². The lowest BCUT2D eigenvalue weighted by Gasteiger charge is -2.24. The highest BCUT2D eigenvalue weighted by Gasteiger charge is 2.31. The Balaban J connectivity index is 1.86. The molecule has 2 aromatic rings. The summed E-state index contributed by atoms with van der Waals surface area (Å²) >= 11 is 0. The van der Waals surface area contributed by atoms with Crippen molar-refractivity contribution < 1.29 is 13.9 Å². The van der Waals surface area contributed by atoms with Crippen molar-refractivity contribution in [1.29, 1.82) is 0 Å². The van der Waals surface area contributed by atoms with E-state index in [2.05, 4.69) is 6.92 Å². The van der Waals surface area contributed by atoms with Crippen molar-refractivity contribution in [2.45, 2.75) is 46.0 Å². The van der Waals surface area contributed by atoms with Crippen LogP contribution < -0.4 is 4.74 Å². The van der Waals surface area contributed by atoms with Gasteiger partial charge in [-0.3, -0.25) is 4.79 Å². The minimum atomic E-state index is -0.434. The Kier molecular flexibility index (Phi) is 4.98. The first kappa shape index (κ1) is 16.7. The Hall–Kier alpha value is -2.16. The van der Waals surface area contributed by atoms with E-state index in [1.54, 1.807) is 6.07 Å². The molecular formula is C21H23FO2. The van der Waals surface area contributed by atoms with Crippen molar-refractivity contribution in [2.24, 2.45) is 5.92 Å². The molecule has 1 unspecified atom stereocenters. The average Bonchev–Trinajstić information content (AvgIpc) is 2.58. The van der Waals surface area contributed by atoms with Crippen molar-refractivity contribution in [1.82, 2.24) is 0 Å². The molecule has 0 saturated heterocycles. The fourth-order valence-corrected chi connectivity index (χ4v) is 3.22. The maximum Gasteiger partial charge on any atom is 0.314 e. The fraction of sp³-hybridized carbons (Fsp3) is 0.381. The third kappa shape index (κ3) is 3.35. The maximum atomic E-state index is 14.9. The Labute approximate surface area is 142 Å². The predicted octanol–water partition coefficient (Wildman–Crippen LogP) is 5.46. The number of hydrogen-bond donors (Lipinski definition) is 0. The molecule has 0 spiro atoms. The fourth-order valence-electron chi connectivity index (χ4n) is 3.22. The highest BCUT2D eigenvalue weighted by molar-refractivity contribution is 5.79. The van der Waals surface area contributed by atoms with Gasteiger partial charge in [0.15, 0.2) is 11.6 Å². The number of carbonyl (C=O) groups excluding carboxylic acids is 1. The highest BCUT2D eigenvalue weighted by Crippen LogP contribution is 2.37. The SMILES string of the molecule is CCCCCC1Cc2ccc(-c3ccc(C)cc3)c(F)c2OC1=O. The van der Waals surface area contributed by atoms with Crippen LogP contribution in [0.5, 0.6) is 5.75 Å². The van der Waals surface area contributed by atoms with Gasteiger partial charge < -0.3 is 4.74 Å². The molecule has 0 radical (unpaired) electrons. The number of carbonyl (C=O) groups is 1. The van der Waals surface area contributed by atoms with Crippen molar-refractivity contribution in [3.8, 4) is 16.9 Å². The summed E-state index contributed by atoms with van der Waals surface area (Å²) in [7, 11) is 0. The molecule has 0 bridgehead atoms. The standard InChI is InChI=1S/C21H23FO2/c1-3-4-5-6-17-13-16-11-12-18(15-9-7-14(2)8-10-15)19(22)20(16)24-21(17)23/h7-12,17H,3-6,13H2,1-2H3. The Morgan fingerprint density at radius 3 is 2.58 bits per heavy atom. The smallest absolute Gasteiger partial charge is 0.314 e. The lowest BCUT2D eigenvalue weighted by atomic mass is 9.90. The number of rotatable bonds is 5. The molecule has 0 saturated carbocycles. The van der Waals surface area contributed by atoms with Crippen LogP contribution in [0.4, 0.5) is 4.39 Å². The van der Waals surface area contributed by atoms with Crippen molar-refractivity contribution >= 4 is 5.97 Å². The lowest BCUT2D eigenvalue weighted by Crippen LogP contribution is -2.28. The lowest BCUT2D eigenvalue weighted by molar-refractivity contribution is -0.140. The third-order valence-corrected chi connectivity index (χ3v) is 4.70. The molecule has 0 aliphatic carbocycles. The molecule has 0 fully saturated rings. The summed E-state index contributed by atoms with van der Waals surface area (Å²) in [6, 6.07) is 11.4. The van der Waals surface area contributed by atoms with Crippen molar-refractivity contribution in [2.75, 3.05) is 0 Å². The number of ether oxygens (including phenoxy) is 1. The van der Waals surface area contributed by atoms with Crippen LogP contribution >= 0.6 is 0 Å². The molecule has 126 valence electrons. The molecule has 0 N–H and O–H groups in total. The Morgan fingerprint density at radius 2 is 1.88 bits per heavy atom. The first-order chi connectivity index (χ1) is 11.6. The molecule has 1 heterocycles. The number of aryl methyl sites for hydroxylation is 1. The van der Waals surface area contributed by atoms with E-state index in [-0.39, 0.29) is 17.6 Å². The molecule has 3 rings (SSSR count). The van der Waals surface area contributed by atoms with E-state index in [1.165, 1.54) is 0 Å². The number of benzene rings is 2. The quantitative estimate of drug-likeness (QED) is 0.414. The number of unbranched alkanes of at least 4 members (excludes halogenated alkanes) is 2. The highest BCUT2D eigenvalue weighted by atomic mass is 19.1. The van der Waals surface area contributed by atoms with Crippen LogP contribution in [-0.4, -0.2) is 5.97 Å². The molecule has 3 heteroatoms. The molecule has 1 aliphatic rings. The second-order valence-electron chi connectivity index (χ2n) is 6.60. The van der Waals surface area contributed by atoms with Gasteiger partial charge in [-0.2, -0.15) is 0 Å². The van der Waals surface area contributed by atoms with E-state index in [1.807, 2.05) is 37.3 Å². The van der Waals surface area contributed by atoms with E-state index in [9.17, 15) is 9.18 Å². The molecule has 24 heavy (non-hydrogen) atoms. The summed E-state index contributed by atoms with van der Waals surface area (Å²) in [5, 5.41) is 0. The molecule has 2 nitrogen and oxygen atoms in total. The average molecular weight is 326 g/mol. The molecule has 1 aliphatic heterocycles. The van der Waals surface area contributed by atoms with E-state index in [0.29, 0.717) is 12.0 Å². The van der Waals surface area contributed by atoms with Crippen molar-refractivity contribution in [3.63, 3.8) is 0 Å². The zero-order chi connectivity index (χ0) is 17.1. The van der Waals surface area contributed by atoms with Gasteiger partial charge in [-0.1, -0.05) is 68.1 Å². The summed E-state index contributed by atoms with van der Waals surface area (Å²) in [5.74, 6) is -0.756. The molecular weight excluding hydrogens is 303 g/mol. The van der Waals surface area contributed by atoms with Crippen LogP contribution in [0.3, 0.4) is 0 Å². The van der Waals surface area contributed by atoms with Gasteiger partial charge in [0, 0.05) is 5.56 Å². The van der Waals surface area contributed by atoms with Crippen LogP contribution in [-0.2, 0) is 11.2 Å². The Morgan fingerprint density at radius 1 is 1.12 bits per heavy atom. The zero-order valence-corrected chi connectivity index (χ0v) is 14.3. The van der Waals surface area contributed by atoms with Gasteiger partial charge in [-0.25, -0.2) is 4.39 Å². The third-order valence-electron chi connectivity index (χ3n) is 4.70. The van der Waals surface area contributed by atoms with E-state index >= 15 is 0 Å². The molecule has 2 aromatic carbocycles. The summed E-state index contributed by atoms with van der Waals surface area (Å²) < 4.78 is 20.2. The minimum absolute atomic E-state index is 0.116. The van der Waals surface area contributed by atoms with Gasteiger partial charge in [0.2, 0.25) is 0 Å². The van der Waals surface area contributed by atoms with Crippen molar-refractivity contribution in [3.05, 3.63) is 53.3 Å². The van der Waals surface area contributed by atoms with Crippen LogP contribution in [0.15, 0.2) is 36.4 Å². The van der Waals surface area contributed by atoms with E-state index in [0.717, 1.165) is 42.4 Å². The minimum Gasteiger partial charge on any atom is -0.423 e. The largest absolute Gasteiger partial charge is 0.423 e. The summed E-state index contributed by atoms with van der Waals surface area (Å²) in [6.07, 6.45) is 4.62. The maximum absolute atomic E-state index is 14.9. The van der Waals surface area contributed by atoms with Crippen LogP contribution in [0.1, 0.15) is 43.7 Å². The second-order valence-corrected chi connectivity index (χ2v) is 6.60. The van der Waals surface area contributed by atoms with Gasteiger partial charge in [-0.15, -0.1) is 0 Å².